The molecule has 1 spiro atoms. The van der Waals surface area contributed by atoms with Gasteiger partial charge in [0.25, 0.3) is 0 Å². The standard InChI is InChI=1S/C13H17FN2O2S.ClH/c1-19(17,18)16-6-4-13(5-7-16)9-15-12-3-2-10(14)8-11(12)13;/h2-3,8,15H,4-7,9H2,1H3;1H. The molecular formula is C13H18ClFN2O2S. The van der Waals surface area contributed by atoms with Crippen molar-refractivity contribution in [3.05, 3.63) is 29.6 Å². The first-order valence-corrected chi connectivity index (χ1v) is 8.25. The molecular weight excluding hydrogens is 303 g/mol. The number of nitrogens with zero attached hydrogens (tertiary/aromatic N) is 1. The third kappa shape index (κ3) is 2.52. The summed E-state index contributed by atoms with van der Waals surface area (Å²) in [7, 11) is -3.12. The molecule has 0 radical (unpaired) electrons. The molecule has 1 saturated heterocycles. The number of halogens is 2. The van der Waals surface area contributed by atoms with Gasteiger partial charge in [-0.25, -0.2) is 17.1 Å². The Balaban J connectivity index is 0.00000147. The van der Waals surface area contributed by atoms with E-state index < -0.39 is 10.0 Å². The van der Waals surface area contributed by atoms with Crippen LogP contribution in [0.5, 0.6) is 0 Å². The first-order valence-electron chi connectivity index (χ1n) is 6.40. The lowest BCUT2D eigenvalue weighted by atomic mass is 9.75. The van der Waals surface area contributed by atoms with Crippen LogP contribution >= 0.6 is 12.4 Å². The SMILES string of the molecule is CS(=O)(=O)N1CCC2(CC1)CNc1ccc(F)cc12.Cl. The maximum absolute atomic E-state index is 13.4. The first kappa shape index (κ1) is 15.5. The van der Waals surface area contributed by atoms with E-state index in [9.17, 15) is 12.8 Å². The number of sulfonamides is 1. The van der Waals surface area contributed by atoms with Crippen LogP contribution < -0.4 is 5.32 Å². The lowest BCUT2D eigenvalue weighted by Gasteiger charge is -2.38. The smallest absolute Gasteiger partial charge is 0.211 e. The Hall–Kier alpha value is -0.850. The van der Waals surface area contributed by atoms with Gasteiger partial charge in [0.15, 0.2) is 0 Å². The molecule has 20 heavy (non-hydrogen) atoms. The lowest BCUT2D eigenvalue weighted by Crippen LogP contribution is -2.45. The molecule has 0 amide bonds. The summed E-state index contributed by atoms with van der Waals surface area (Å²) in [4.78, 5) is 0. The summed E-state index contributed by atoms with van der Waals surface area (Å²) in [6, 6.07) is 4.81. The van der Waals surface area contributed by atoms with Gasteiger partial charge in [-0.1, -0.05) is 0 Å². The normalized spacial score (nSPS) is 21.1. The van der Waals surface area contributed by atoms with Crippen LogP contribution in [0.15, 0.2) is 18.2 Å². The summed E-state index contributed by atoms with van der Waals surface area (Å²) in [6.45, 7) is 1.79. The molecule has 0 aromatic heterocycles. The molecule has 0 atom stereocenters. The number of fused-ring (bicyclic) bond motifs is 2. The lowest BCUT2D eigenvalue weighted by molar-refractivity contribution is 0.250. The Labute approximate surface area is 124 Å². The summed E-state index contributed by atoms with van der Waals surface area (Å²) < 4.78 is 38.0. The Bertz CT molecular complexity index is 613. The fourth-order valence-electron chi connectivity index (χ4n) is 3.16. The van der Waals surface area contributed by atoms with Gasteiger partial charge in [-0.3, -0.25) is 0 Å². The zero-order chi connectivity index (χ0) is 13.7. The van der Waals surface area contributed by atoms with Crippen molar-refractivity contribution >= 4 is 28.1 Å². The van der Waals surface area contributed by atoms with Crippen molar-refractivity contribution in [2.75, 3.05) is 31.2 Å². The fraction of sp³-hybridized carbons (Fsp3) is 0.538. The molecule has 7 heteroatoms. The van der Waals surface area contributed by atoms with E-state index in [-0.39, 0.29) is 23.6 Å². The van der Waals surface area contributed by atoms with Crippen LogP contribution in [0, 0.1) is 5.82 Å². The Morgan fingerprint density at radius 1 is 1.30 bits per heavy atom. The van der Waals surface area contributed by atoms with E-state index in [1.807, 2.05) is 0 Å². The van der Waals surface area contributed by atoms with Gasteiger partial charge in [-0.15, -0.1) is 12.4 Å². The van der Waals surface area contributed by atoms with Crippen LogP contribution in [0.4, 0.5) is 10.1 Å². The van der Waals surface area contributed by atoms with E-state index in [0.29, 0.717) is 13.1 Å². The van der Waals surface area contributed by atoms with Gasteiger partial charge >= 0.3 is 0 Å². The molecule has 1 aromatic rings. The molecule has 2 heterocycles. The third-order valence-electron chi connectivity index (χ3n) is 4.32. The minimum Gasteiger partial charge on any atom is -0.384 e. The summed E-state index contributed by atoms with van der Waals surface area (Å²) in [5.41, 5.74) is 1.87. The monoisotopic (exact) mass is 320 g/mol. The summed E-state index contributed by atoms with van der Waals surface area (Å²) in [6.07, 6.45) is 2.72. The third-order valence-corrected chi connectivity index (χ3v) is 5.62. The maximum Gasteiger partial charge on any atom is 0.211 e. The van der Waals surface area contributed by atoms with Crippen molar-refractivity contribution in [3.63, 3.8) is 0 Å². The molecule has 3 rings (SSSR count). The Morgan fingerprint density at radius 3 is 2.55 bits per heavy atom. The summed E-state index contributed by atoms with van der Waals surface area (Å²) in [5, 5.41) is 3.31. The molecule has 0 aliphatic carbocycles. The highest BCUT2D eigenvalue weighted by molar-refractivity contribution is 7.88. The number of rotatable bonds is 1. The van der Waals surface area contributed by atoms with Crippen molar-refractivity contribution in [2.45, 2.75) is 18.3 Å². The van der Waals surface area contributed by atoms with E-state index >= 15 is 0 Å². The van der Waals surface area contributed by atoms with E-state index in [2.05, 4.69) is 5.32 Å². The van der Waals surface area contributed by atoms with Crippen LogP contribution in [0.3, 0.4) is 0 Å². The van der Waals surface area contributed by atoms with Gasteiger partial charge in [0.2, 0.25) is 10.0 Å². The van der Waals surface area contributed by atoms with Crippen LogP contribution in [-0.2, 0) is 15.4 Å². The van der Waals surface area contributed by atoms with E-state index in [0.717, 1.165) is 30.6 Å². The molecule has 0 unspecified atom stereocenters. The average Bonchev–Trinajstić information content (AvgIpc) is 2.68. The van der Waals surface area contributed by atoms with Gasteiger partial charge < -0.3 is 5.32 Å². The van der Waals surface area contributed by atoms with Crippen molar-refractivity contribution in [2.24, 2.45) is 0 Å². The number of hydrogen-bond acceptors (Lipinski definition) is 3. The molecule has 0 bridgehead atoms. The quantitative estimate of drug-likeness (QED) is 0.860. The molecule has 1 aromatic carbocycles. The minimum absolute atomic E-state index is 0. The summed E-state index contributed by atoms with van der Waals surface area (Å²) in [5.74, 6) is -0.229. The molecule has 0 saturated carbocycles. The second-order valence-corrected chi connectivity index (χ2v) is 7.47. The topological polar surface area (TPSA) is 49.4 Å². The van der Waals surface area contributed by atoms with Crippen molar-refractivity contribution < 1.29 is 12.8 Å². The minimum atomic E-state index is -3.12. The average molecular weight is 321 g/mol. The number of piperidine rings is 1. The van der Waals surface area contributed by atoms with Crippen LogP contribution in [-0.4, -0.2) is 38.6 Å². The molecule has 112 valence electrons. The molecule has 4 nitrogen and oxygen atoms in total. The largest absolute Gasteiger partial charge is 0.384 e. The first-order chi connectivity index (χ1) is 8.91. The van der Waals surface area contributed by atoms with Gasteiger partial charge in [-0.05, 0) is 36.6 Å². The maximum atomic E-state index is 13.4. The number of nitrogens with one attached hydrogen (secondary N) is 1. The molecule has 1 N–H and O–H groups in total. The van der Waals surface area contributed by atoms with E-state index in [4.69, 9.17) is 0 Å². The fourth-order valence-corrected chi connectivity index (χ4v) is 4.01. The van der Waals surface area contributed by atoms with Crippen molar-refractivity contribution in [1.29, 1.82) is 0 Å². The van der Waals surface area contributed by atoms with Crippen molar-refractivity contribution in [3.8, 4) is 0 Å². The zero-order valence-corrected chi connectivity index (χ0v) is 12.9. The van der Waals surface area contributed by atoms with E-state index in [1.54, 1.807) is 12.1 Å². The second-order valence-electron chi connectivity index (χ2n) is 5.49. The van der Waals surface area contributed by atoms with Crippen LogP contribution in [0.1, 0.15) is 18.4 Å². The predicted molar refractivity (Wildman–Crippen MR) is 79.5 cm³/mol. The second kappa shape index (κ2) is 5.16. The van der Waals surface area contributed by atoms with Crippen molar-refractivity contribution in [1.82, 2.24) is 4.31 Å². The highest BCUT2D eigenvalue weighted by Gasteiger charge is 2.42. The van der Waals surface area contributed by atoms with Gasteiger partial charge in [0.05, 0.1) is 6.26 Å². The predicted octanol–water partition coefficient (Wildman–Crippen LogP) is 1.97. The van der Waals surface area contributed by atoms with Crippen LogP contribution in [0.2, 0.25) is 0 Å². The molecule has 1 fully saturated rings. The van der Waals surface area contributed by atoms with E-state index in [1.165, 1.54) is 16.6 Å². The Morgan fingerprint density at radius 2 is 1.95 bits per heavy atom. The highest BCUT2D eigenvalue weighted by Crippen LogP contribution is 2.44. The highest BCUT2D eigenvalue weighted by atomic mass is 35.5. The van der Waals surface area contributed by atoms with Crippen LogP contribution in [0.25, 0.3) is 0 Å². The number of benzene rings is 1. The number of hydrogen-bond donors (Lipinski definition) is 1. The molecule has 2 aliphatic rings. The van der Waals surface area contributed by atoms with Gasteiger partial charge in [0.1, 0.15) is 5.82 Å². The number of anilines is 1. The van der Waals surface area contributed by atoms with Gasteiger partial charge in [-0.2, -0.15) is 0 Å². The van der Waals surface area contributed by atoms with Gasteiger partial charge in [0, 0.05) is 30.7 Å². The molecule has 2 aliphatic heterocycles. The zero-order valence-electron chi connectivity index (χ0n) is 11.2. The Kier molecular flexibility index (Phi) is 4.01. The summed E-state index contributed by atoms with van der Waals surface area (Å²) >= 11 is 0.